The SMILES string of the molecule is CCC(N)Cc1ccc(OCCC2CC2)cn1. The number of aromatic nitrogens is 1. The van der Waals surface area contributed by atoms with E-state index in [0.29, 0.717) is 0 Å². The van der Waals surface area contributed by atoms with Crippen LogP contribution in [0.5, 0.6) is 5.75 Å². The zero-order chi connectivity index (χ0) is 12.1. The van der Waals surface area contributed by atoms with Crippen LogP contribution in [0.2, 0.25) is 0 Å². The van der Waals surface area contributed by atoms with Crippen molar-refractivity contribution in [1.82, 2.24) is 4.98 Å². The Kier molecular flexibility index (Phi) is 4.37. The van der Waals surface area contributed by atoms with Crippen molar-refractivity contribution in [3.05, 3.63) is 24.0 Å². The fourth-order valence-corrected chi connectivity index (χ4v) is 1.78. The summed E-state index contributed by atoms with van der Waals surface area (Å²) in [7, 11) is 0. The number of nitrogens with two attached hydrogens (primary N) is 1. The molecule has 0 spiro atoms. The molecule has 1 aromatic heterocycles. The molecule has 0 saturated heterocycles. The topological polar surface area (TPSA) is 48.1 Å². The molecule has 3 nitrogen and oxygen atoms in total. The van der Waals surface area contributed by atoms with Gasteiger partial charge >= 0.3 is 0 Å². The molecule has 1 fully saturated rings. The normalized spacial score (nSPS) is 16.8. The van der Waals surface area contributed by atoms with Crippen molar-refractivity contribution < 1.29 is 4.74 Å². The number of pyridine rings is 1. The molecule has 1 atom stereocenters. The molecule has 0 aliphatic heterocycles. The first-order valence-corrected chi connectivity index (χ1v) is 6.61. The number of ether oxygens (including phenoxy) is 1. The molecule has 2 rings (SSSR count). The smallest absolute Gasteiger partial charge is 0.137 e. The third-order valence-corrected chi connectivity index (χ3v) is 3.29. The summed E-state index contributed by atoms with van der Waals surface area (Å²) in [5.74, 6) is 1.80. The lowest BCUT2D eigenvalue weighted by Gasteiger charge is -2.09. The zero-order valence-electron chi connectivity index (χ0n) is 10.6. The number of nitrogens with zero attached hydrogens (tertiary/aromatic N) is 1. The van der Waals surface area contributed by atoms with Crippen LogP contribution in [0.25, 0.3) is 0 Å². The third-order valence-electron chi connectivity index (χ3n) is 3.29. The first kappa shape index (κ1) is 12.4. The van der Waals surface area contributed by atoms with Gasteiger partial charge in [0.25, 0.3) is 0 Å². The second-order valence-electron chi connectivity index (χ2n) is 4.94. The Morgan fingerprint density at radius 2 is 2.29 bits per heavy atom. The van der Waals surface area contributed by atoms with Crippen LogP contribution >= 0.6 is 0 Å². The molecule has 0 bridgehead atoms. The molecule has 0 radical (unpaired) electrons. The molecule has 1 aliphatic rings. The molecule has 3 heteroatoms. The molecule has 1 heterocycles. The summed E-state index contributed by atoms with van der Waals surface area (Å²) in [6.45, 7) is 2.92. The maximum atomic E-state index is 5.89. The molecule has 1 unspecified atom stereocenters. The van der Waals surface area contributed by atoms with E-state index in [4.69, 9.17) is 10.5 Å². The summed E-state index contributed by atoms with van der Waals surface area (Å²) in [6.07, 6.45) is 7.60. The van der Waals surface area contributed by atoms with Gasteiger partial charge in [0.1, 0.15) is 5.75 Å². The van der Waals surface area contributed by atoms with Crippen LogP contribution in [0.1, 0.15) is 38.3 Å². The zero-order valence-corrected chi connectivity index (χ0v) is 10.6. The predicted octanol–water partition coefficient (Wildman–Crippen LogP) is 2.54. The highest BCUT2D eigenvalue weighted by molar-refractivity contribution is 5.20. The van der Waals surface area contributed by atoms with Crippen molar-refractivity contribution in [2.45, 2.75) is 45.1 Å². The second kappa shape index (κ2) is 6.01. The lowest BCUT2D eigenvalue weighted by Crippen LogP contribution is -2.21. The third kappa shape index (κ3) is 4.35. The molecule has 1 aromatic rings. The fourth-order valence-electron chi connectivity index (χ4n) is 1.78. The highest BCUT2D eigenvalue weighted by Gasteiger charge is 2.20. The highest BCUT2D eigenvalue weighted by atomic mass is 16.5. The maximum absolute atomic E-state index is 5.89. The first-order valence-electron chi connectivity index (χ1n) is 6.61. The van der Waals surface area contributed by atoms with Crippen LogP contribution in [0.3, 0.4) is 0 Å². The van der Waals surface area contributed by atoms with Crippen molar-refractivity contribution in [2.75, 3.05) is 6.61 Å². The Hall–Kier alpha value is -1.09. The molecular formula is C14H22N2O. The Morgan fingerprint density at radius 1 is 1.47 bits per heavy atom. The predicted molar refractivity (Wildman–Crippen MR) is 69.0 cm³/mol. The number of hydrogen-bond donors (Lipinski definition) is 1. The van der Waals surface area contributed by atoms with Gasteiger partial charge in [0.2, 0.25) is 0 Å². The number of hydrogen-bond acceptors (Lipinski definition) is 3. The van der Waals surface area contributed by atoms with Crippen molar-refractivity contribution in [3.63, 3.8) is 0 Å². The average molecular weight is 234 g/mol. The van der Waals surface area contributed by atoms with Gasteiger partial charge in [-0.3, -0.25) is 4.98 Å². The van der Waals surface area contributed by atoms with Crippen molar-refractivity contribution >= 4 is 0 Å². The highest BCUT2D eigenvalue weighted by Crippen LogP contribution is 2.32. The second-order valence-corrected chi connectivity index (χ2v) is 4.94. The van der Waals surface area contributed by atoms with Crippen molar-refractivity contribution in [3.8, 4) is 5.75 Å². The lowest BCUT2D eigenvalue weighted by atomic mass is 10.1. The van der Waals surface area contributed by atoms with Gasteiger partial charge in [0.05, 0.1) is 12.8 Å². The first-order chi connectivity index (χ1) is 8.28. The van der Waals surface area contributed by atoms with Gasteiger partial charge in [-0.05, 0) is 30.9 Å². The van der Waals surface area contributed by atoms with Gasteiger partial charge in [0, 0.05) is 18.2 Å². The summed E-state index contributed by atoms with van der Waals surface area (Å²) < 4.78 is 5.65. The van der Waals surface area contributed by atoms with E-state index in [9.17, 15) is 0 Å². The Bertz CT molecular complexity index is 333. The van der Waals surface area contributed by atoms with Crippen molar-refractivity contribution in [1.29, 1.82) is 0 Å². The molecule has 17 heavy (non-hydrogen) atoms. The van der Waals surface area contributed by atoms with Gasteiger partial charge in [0.15, 0.2) is 0 Å². The Morgan fingerprint density at radius 3 is 2.88 bits per heavy atom. The van der Waals surface area contributed by atoms with E-state index >= 15 is 0 Å². The van der Waals surface area contributed by atoms with Gasteiger partial charge in [-0.2, -0.15) is 0 Å². The fraction of sp³-hybridized carbons (Fsp3) is 0.643. The monoisotopic (exact) mass is 234 g/mol. The molecule has 0 amide bonds. The van der Waals surface area contributed by atoms with Gasteiger partial charge in [-0.15, -0.1) is 0 Å². The van der Waals surface area contributed by atoms with Crippen LogP contribution in [-0.4, -0.2) is 17.6 Å². The number of rotatable bonds is 7. The van der Waals surface area contributed by atoms with E-state index in [2.05, 4.69) is 11.9 Å². The van der Waals surface area contributed by atoms with Crippen LogP contribution in [0, 0.1) is 5.92 Å². The summed E-state index contributed by atoms with van der Waals surface area (Å²) in [5.41, 5.74) is 6.94. The quantitative estimate of drug-likeness (QED) is 0.788. The van der Waals surface area contributed by atoms with E-state index in [-0.39, 0.29) is 6.04 Å². The Labute approximate surface area is 103 Å². The minimum atomic E-state index is 0.212. The van der Waals surface area contributed by atoms with E-state index in [0.717, 1.165) is 36.8 Å². The minimum absolute atomic E-state index is 0.212. The minimum Gasteiger partial charge on any atom is -0.492 e. The molecule has 94 valence electrons. The van der Waals surface area contributed by atoms with Crippen LogP contribution < -0.4 is 10.5 Å². The van der Waals surface area contributed by atoms with Crippen LogP contribution in [0.15, 0.2) is 18.3 Å². The summed E-state index contributed by atoms with van der Waals surface area (Å²) >= 11 is 0. The standard InChI is InChI=1S/C14H22N2O/c1-2-12(15)9-13-5-6-14(10-16-13)17-8-7-11-3-4-11/h5-6,10-12H,2-4,7-9,15H2,1H3. The molecular weight excluding hydrogens is 212 g/mol. The maximum Gasteiger partial charge on any atom is 0.137 e. The largest absolute Gasteiger partial charge is 0.492 e. The molecule has 1 saturated carbocycles. The molecule has 1 aliphatic carbocycles. The van der Waals surface area contributed by atoms with E-state index in [1.165, 1.54) is 19.3 Å². The summed E-state index contributed by atoms with van der Waals surface area (Å²) in [4.78, 5) is 4.38. The van der Waals surface area contributed by atoms with Gasteiger partial charge in [-0.25, -0.2) is 0 Å². The van der Waals surface area contributed by atoms with E-state index in [1.807, 2.05) is 18.3 Å². The van der Waals surface area contributed by atoms with E-state index < -0.39 is 0 Å². The lowest BCUT2D eigenvalue weighted by molar-refractivity contribution is 0.301. The van der Waals surface area contributed by atoms with Crippen molar-refractivity contribution in [2.24, 2.45) is 11.7 Å². The average Bonchev–Trinajstić information content (AvgIpc) is 3.15. The van der Waals surface area contributed by atoms with E-state index in [1.54, 1.807) is 0 Å². The van der Waals surface area contributed by atoms with Crippen LogP contribution in [-0.2, 0) is 6.42 Å². The molecule has 0 aromatic carbocycles. The summed E-state index contributed by atoms with van der Waals surface area (Å²) in [6, 6.07) is 4.23. The Balaban J connectivity index is 1.75. The summed E-state index contributed by atoms with van der Waals surface area (Å²) in [5, 5.41) is 0. The molecule has 2 N–H and O–H groups in total. The van der Waals surface area contributed by atoms with Crippen LogP contribution in [0.4, 0.5) is 0 Å². The van der Waals surface area contributed by atoms with Gasteiger partial charge < -0.3 is 10.5 Å². The van der Waals surface area contributed by atoms with Gasteiger partial charge in [-0.1, -0.05) is 19.8 Å².